The number of carbonyl (C=O) groups excluding carboxylic acids is 1. The van der Waals surface area contributed by atoms with Gasteiger partial charge in [-0.3, -0.25) is 5.10 Å². The molecule has 2 aliphatic rings. The largest absolute Gasteiger partial charge is 0.322 e. The quantitative estimate of drug-likeness (QED) is 0.868. The minimum atomic E-state index is -0.177. The van der Waals surface area contributed by atoms with Crippen molar-refractivity contribution < 1.29 is 9.18 Å². The van der Waals surface area contributed by atoms with Crippen molar-refractivity contribution in [3.05, 3.63) is 46.5 Å². The molecule has 1 aliphatic carbocycles. The first-order chi connectivity index (χ1) is 12.0. The van der Waals surface area contributed by atoms with Gasteiger partial charge in [-0.25, -0.2) is 9.18 Å². The van der Waals surface area contributed by atoms with Crippen molar-refractivity contribution in [3.63, 3.8) is 0 Å². The van der Waals surface area contributed by atoms with Gasteiger partial charge in [0.05, 0.1) is 11.7 Å². The van der Waals surface area contributed by atoms with Gasteiger partial charge in [0.25, 0.3) is 0 Å². The summed E-state index contributed by atoms with van der Waals surface area (Å²) in [6.45, 7) is 4.68. The van der Waals surface area contributed by atoms with Crippen LogP contribution in [0.15, 0.2) is 18.2 Å². The van der Waals surface area contributed by atoms with Crippen LogP contribution in [0.5, 0.6) is 0 Å². The first kappa shape index (κ1) is 16.1. The molecule has 6 heteroatoms. The molecule has 1 aromatic carbocycles. The number of benzene rings is 1. The fourth-order valence-corrected chi connectivity index (χ4v) is 3.88. The third-order valence-electron chi connectivity index (χ3n) is 5.30. The van der Waals surface area contributed by atoms with E-state index in [1.807, 2.05) is 18.7 Å². The molecule has 4 rings (SSSR count). The van der Waals surface area contributed by atoms with Crippen LogP contribution >= 0.6 is 0 Å². The molecule has 0 radical (unpaired) electrons. The van der Waals surface area contributed by atoms with Crippen LogP contribution in [-0.2, 0) is 0 Å². The lowest BCUT2D eigenvalue weighted by molar-refractivity contribution is 0.207. The van der Waals surface area contributed by atoms with Crippen molar-refractivity contribution in [2.24, 2.45) is 0 Å². The van der Waals surface area contributed by atoms with E-state index in [-0.39, 0.29) is 17.9 Å². The van der Waals surface area contributed by atoms with E-state index in [9.17, 15) is 9.18 Å². The molecule has 1 saturated carbocycles. The van der Waals surface area contributed by atoms with Crippen LogP contribution in [0.25, 0.3) is 0 Å². The Kier molecular flexibility index (Phi) is 3.98. The molecule has 0 bridgehead atoms. The number of urea groups is 1. The highest BCUT2D eigenvalue weighted by Crippen LogP contribution is 2.42. The summed E-state index contributed by atoms with van der Waals surface area (Å²) in [4.78, 5) is 14.7. The zero-order valence-electron chi connectivity index (χ0n) is 14.6. The number of hydrogen-bond donors (Lipinski definition) is 2. The lowest BCUT2D eigenvalue weighted by atomic mass is 10.0. The van der Waals surface area contributed by atoms with Crippen LogP contribution in [0.2, 0.25) is 0 Å². The monoisotopic (exact) mass is 342 g/mol. The zero-order chi connectivity index (χ0) is 17.6. The summed E-state index contributed by atoms with van der Waals surface area (Å²) in [5.41, 5.74) is 4.46. The Morgan fingerprint density at radius 1 is 1.32 bits per heavy atom. The molecule has 1 aliphatic heterocycles. The molecule has 25 heavy (non-hydrogen) atoms. The van der Waals surface area contributed by atoms with E-state index in [1.165, 1.54) is 6.07 Å². The molecule has 2 N–H and O–H groups in total. The number of aryl methyl sites for hydroxylation is 2. The molecule has 1 atom stereocenters. The number of halogens is 1. The molecule has 2 amide bonds. The second-order valence-corrected chi connectivity index (χ2v) is 7.14. The number of likely N-dealkylation sites (tertiary alicyclic amines) is 1. The number of nitrogens with one attached hydrogen (secondary N) is 2. The molecule has 1 aromatic heterocycles. The topological polar surface area (TPSA) is 61.0 Å². The highest BCUT2D eigenvalue weighted by Gasteiger charge is 2.33. The maximum Gasteiger partial charge on any atom is 0.322 e. The molecule has 2 aromatic rings. The molecule has 5 nitrogen and oxygen atoms in total. The number of aromatic nitrogens is 2. The number of hydrogen-bond acceptors (Lipinski definition) is 2. The summed E-state index contributed by atoms with van der Waals surface area (Å²) in [5.74, 6) is 0.136. The molecule has 132 valence electrons. The molecule has 2 fully saturated rings. The number of anilines is 1. The number of nitrogens with zero attached hydrogens (tertiary/aromatic N) is 2. The summed E-state index contributed by atoms with van der Waals surface area (Å²) < 4.78 is 13.9. The van der Waals surface area contributed by atoms with Crippen molar-refractivity contribution in [2.45, 2.75) is 51.5 Å². The average Bonchev–Trinajstić information content (AvgIpc) is 3.23. The number of carbonyl (C=O) groups is 1. The van der Waals surface area contributed by atoms with E-state index in [0.29, 0.717) is 11.6 Å². The predicted molar refractivity (Wildman–Crippen MR) is 94.1 cm³/mol. The van der Waals surface area contributed by atoms with E-state index in [0.717, 1.165) is 54.7 Å². The van der Waals surface area contributed by atoms with Gasteiger partial charge in [-0.15, -0.1) is 0 Å². The van der Waals surface area contributed by atoms with E-state index in [1.54, 1.807) is 12.1 Å². The second kappa shape index (κ2) is 6.17. The van der Waals surface area contributed by atoms with Crippen LogP contribution < -0.4 is 5.32 Å². The van der Waals surface area contributed by atoms with Gasteiger partial charge in [-0.2, -0.15) is 5.10 Å². The highest BCUT2D eigenvalue weighted by molar-refractivity contribution is 5.90. The third-order valence-corrected chi connectivity index (χ3v) is 5.30. The van der Waals surface area contributed by atoms with Crippen molar-refractivity contribution in [2.75, 3.05) is 11.9 Å². The fraction of sp³-hybridized carbons (Fsp3) is 0.474. The summed E-state index contributed by atoms with van der Waals surface area (Å²) in [6, 6.07) is 4.79. The van der Waals surface area contributed by atoms with Crippen LogP contribution in [0.3, 0.4) is 0 Å². The minimum absolute atomic E-state index is 0.0436. The molecular formula is C19H23FN4O. The maximum atomic E-state index is 13.9. The molecule has 0 unspecified atom stereocenters. The van der Waals surface area contributed by atoms with E-state index >= 15 is 0 Å². The van der Waals surface area contributed by atoms with Gasteiger partial charge in [0, 0.05) is 23.5 Å². The van der Waals surface area contributed by atoms with E-state index in [4.69, 9.17) is 0 Å². The van der Waals surface area contributed by atoms with Crippen molar-refractivity contribution in [1.29, 1.82) is 0 Å². The van der Waals surface area contributed by atoms with Crippen molar-refractivity contribution >= 4 is 11.7 Å². The summed E-state index contributed by atoms with van der Waals surface area (Å²) in [5, 5.41) is 10.2. The number of rotatable bonds is 3. The second-order valence-electron chi connectivity index (χ2n) is 7.14. The number of H-pyrrole nitrogens is 1. The van der Waals surface area contributed by atoms with Gasteiger partial charge in [0.1, 0.15) is 5.82 Å². The lowest BCUT2D eigenvalue weighted by Crippen LogP contribution is -2.34. The Hall–Kier alpha value is -2.37. The Morgan fingerprint density at radius 2 is 2.12 bits per heavy atom. The SMILES string of the molecule is Cc1n[nH]c(C)c1[C@@H]1CCCN1C(=O)Nc1ccc(F)c(C2CC2)c1. The molecule has 2 heterocycles. The predicted octanol–water partition coefficient (Wildman–Crippen LogP) is 4.41. The Balaban J connectivity index is 1.53. The molecular weight excluding hydrogens is 319 g/mol. The fourth-order valence-electron chi connectivity index (χ4n) is 3.88. The van der Waals surface area contributed by atoms with Crippen molar-refractivity contribution in [1.82, 2.24) is 15.1 Å². The van der Waals surface area contributed by atoms with Gasteiger partial charge in [-0.05, 0) is 69.2 Å². The first-order valence-corrected chi connectivity index (χ1v) is 8.93. The van der Waals surface area contributed by atoms with Gasteiger partial charge < -0.3 is 10.2 Å². The summed E-state index contributed by atoms with van der Waals surface area (Å²) in [7, 11) is 0. The van der Waals surface area contributed by atoms with Crippen LogP contribution in [0, 0.1) is 19.7 Å². The van der Waals surface area contributed by atoms with Gasteiger partial charge in [0.15, 0.2) is 0 Å². The van der Waals surface area contributed by atoms with Crippen LogP contribution in [-0.4, -0.2) is 27.7 Å². The molecule has 1 saturated heterocycles. The molecule has 0 spiro atoms. The van der Waals surface area contributed by atoms with Gasteiger partial charge in [-0.1, -0.05) is 0 Å². The van der Waals surface area contributed by atoms with Crippen LogP contribution in [0.1, 0.15) is 60.2 Å². The Morgan fingerprint density at radius 3 is 2.80 bits per heavy atom. The van der Waals surface area contributed by atoms with Gasteiger partial charge >= 0.3 is 6.03 Å². The summed E-state index contributed by atoms with van der Waals surface area (Å²) >= 11 is 0. The van der Waals surface area contributed by atoms with E-state index in [2.05, 4.69) is 15.5 Å². The average molecular weight is 342 g/mol. The van der Waals surface area contributed by atoms with Crippen molar-refractivity contribution in [3.8, 4) is 0 Å². The first-order valence-electron chi connectivity index (χ1n) is 8.93. The maximum absolute atomic E-state index is 13.9. The Bertz CT molecular complexity index is 792. The normalized spacial score (nSPS) is 20.1. The summed E-state index contributed by atoms with van der Waals surface area (Å²) in [6.07, 6.45) is 3.97. The zero-order valence-corrected chi connectivity index (χ0v) is 14.6. The minimum Gasteiger partial charge on any atom is -0.317 e. The number of amides is 2. The third kappa shape index (κ3) is 3.01. The highest BCUT2D eigenvalue weighted by atomic mass is 19.1. The number of aromatic amines is 1. The van der Waals surface area contributed by atoms with E-state index < -0.39 is 0 Å². The standard InChI is InChI=1S/C19H23FN4O/c1-11-18(12(2)23-22-11)17-4-3-9-24(17)19(25)21-14-7-8-16(20)15(10-14)13-5-6-13/h7-8,10,13,17H,3-6,9H2,1-2H3,(H,21,25)(H,22,23)/t17-/m0/s1. The van der Waals surface area contributed by atoms with Crippen LogP contribution in [0.4, 0.5) is 14.9 Å². The lowest BCUT2D eigenvalue weighted by Gasteiger charge is -2.25. The smallest absolute Gasteiger partial charge is 0.317 e. The van der Waals surface area contributed by atoms with Gasteiger partial charge in [0.2, 0.25) is 0 Å². The Labute approximate surface area is 146 Å².